The van der Waals surface area contributed by atoms with Gasteiger partial charge >= 0.3 is 5.97 Å². The highest BCUT2D eigenvalue weighted by atomic mass is 32.1. The number of benzene rings is 3. The van der Waals surface area contributed by atoms with E-state index in [4.69, 9.17) is 17.0 Å². The van der Waals surface area contributed by atoms with Crippen molar-refractivity contribution in [3.05, 3.63) is 108 Å². The van der Waals surface area contributed by atoms with Crippen LogP contribution in [0, 0.1) is 5.92 Å². The fourth-order valence-electron chi connectivity index (χ4n) is 3.21. The minimum absolute atomic E-state index is 0.0253. The Labute approximate surface area is 188 Å². The summed E-state index contributed by atoms with van der Waals surface area (Å²) >= 11 is 5.57. The minimum atomic E-state index is -0.390. The van der Waals surface area contributed by atoms with Crippen LogP contribution in [-0.2, 0) is 22.6 Å². The van der Waals surface area contributed by atoms with E-state index in [0.29, 0.717) is 17.0 Å². The maximum Gasteiger partial charge on any atom is 0.325 e. The second kappa shape index (κ2) is 11.8. The van der Waals surface area contributed by atoms with Crippen LogP contribution in [0.15, 0.2) is 91.0 Å². The van der Waals surface area contributed by atoms with Gasteiger partial charge < -0.3 is 10.1 Å². The van der Waals surface area contributed by atoms with Crippen LogP contribution < -0.4 is 5.32 Å². The zero-order valence-corrected chi connectivity index (χ0v) is 18.0. The van der Waals surface area contributed by atoms with Crippen molar-refractivity contribution in [2.75, 3.05) is 6.54 Å². The van der Waals surface area contributed by atoms with E-state index in [0.717, 1.165) is 11.1 Å². The number of thiocarbonyl (C=S) groups is 1. The number of Topliss-reactive ketones (excluding diaryl/α,β-unsaturated/α-hetero) is 1. The lowest BCUT2D eigenvalue weighted by atomic mass is 9.92. The largest absolute Gasteiger partial charge is 0.460 e. The first kappa shape index (κ1) is 22.4. The van der Waals surface area contributed by atoms with Gasteiger partial charge in [-0.1, -0.05) is 103 Å². The summed E-state index contributed by atoms with van der Waals surface area (Å²) in [6.45, 7) is 0.185. The second-order valence-electron chi connectivity index (χ2n) is 7.24. The predicted octanol–water partition coefficient (Wildman–Crippen LogP) is 4.78. The van der Waals surface area contributed by atoms with E-state index in [2.05, 4.69) is 5.32 Å². The highest BCUT2D eigenvalue weighted by Crippen LogP contribution is 2.17. The van der Waals surface area contributed by atoms with Crippen LogP contribution in [0.2, 0.25) is 0 Å². The van der Waals surface area contributed by atoms with Crippen molar-refractivity contribution in [1.29, 1.82) is 0 Å². The molecule has 0 aliphatic heterocycles. The molecule has 31 heavy (non-hydrogen) atoms. The van der Waals surface area contributed by atoms with E-state index in [1.165, 1.54) is 0 Å². The summed E-state index contributed by atoms with van der Waals surface area (Å²) in [5.74, 6) is -0.580. The maximum absolute atomic E-state index is 12.8. The summed E-state index contributed by atoms with van der Waals surface area (Å²) in [5, 5.41) is 3.00. The fourth-order valence-corrected chi connectivity index (χ4v) is 3.45. The van der Waals surface area contributed by atoms with E-state index in [9.17, 15) is 9.59 Å². The summed E-state index contributed by atoms with van der Waals surface area (Å²) < 4.78 is 5.30. The van der Waals surface area contributed by atoms with Crippen LogP contribution in [0.4, 0.5) is 0 Å². The fraction of sp³-hybridized carbons (Fsp3) is 0.192. The molecule has 0 bridgehead atoms. The van der Waals surface area contributed by atoms with E-state index >= 15 is 0 Å². The highest BCUT2D eigenvalue weighted by Gasteiger charge is 2.21. The molecule has 3 rings (SSSR count). The van der Waals surface area contributed by atoms with Gasteiger partial charge in [-0.15, -0.1) is 0 Å². The number of carbonyl (C=O) groups is 2. The molecule has 0 saturated heterocycles. The van der Waals surface area contributed by atoms with Gasteiger partial charge in [-0.3, -0.25) is 9.59 Å². The average Bonchev–Trinajstić information content (AvgIpc) is 2.82. The molecule has 3 aromatic carbocycles. The molecule has 1 N–H and O–H groups in total. The number of esters is 1. The van der Waals surface area contributed by atoms with Crippen LogP contribution in [0.3, 0.4) is 0 Å². The van der Waals surface area contributed by atoms with Crippen molar-refractivity contribution >= 4 is 29.0 Å². The Bertz CT molecular complexity index is 991. The molecule has 0 aliphatic carbocycles. The van der Waals surface area contributed by atoms with Crippen LogP contribution >= 0.6 is 12.2 Å². The number of ketones is 1. The van der Waals surface area contributed by atoms with E-state index in [1.54, 1.807) is 12.1 Å². The standard InChI is InChI=1S/C26H25NO3S/c28-24(22-14-8-3-9-15-22)17-23(16-20-10-4-1-5-11-20)26(31)27-18-25(29)30-19-21-12-6-2-7-13-21/h1-15,23H,16-19H2,(H,27,31). The lowest BCUT2D eigenvalue weighted by Crippen LogP contribution is -2.36. The lowest BCUT2D eigenvalue weighted by molar-refractivity contribution is -0.143. The molecule has 0 spiro atoms. The first-order valence-corrected chi connectivity index (χ1v) is 10.6. The molecule has 5 heteroatoms. The molecule has 0 radical (unpaired) electrons. The number of hydrogen-bond acceptors (Lipinski definition) is 4. The van der Waals surface area contributed by atoms with Gasteiger partial charge in [0.1, 0.15) is 13.2 Å². The Morgan fingerprint density at radius 2 is 1.35 bits per heavy atom. The molecule has 0 heterocycles. The van der Waals surface area contributed by atoms with Gasteiger partial charge in [0.2, 0.25) is 0 Å². The summed E-state index contributed by atoms with van der Waals surface area (Å²) in [7, 11) is 0. The van der Waals surface area contributed by atoms with Gasteiger partial charge in [0.05, 0.1) is 4.99 Å². The molecule has 1 unspecified atom stereocenters. The maximum atomic E-state index is 12.8. The lowest BCUT2D eigenvalue weighted by Gasteiger charge is -2.19. The smallest absolute Gasteiger partial charge is 0.325 e. The Balaban J connectivity index is 1.58. The normalized spacial score (nSPS) is 11.4. The van der Waals surface area contributed by atoms with Crippen LogP contribution in [0.1, 0.15) is 27.9 Å². The van der Waals surface area contributed by atoms with Crippen LogP contribution in [0.5, 0.6) is 0 Å². The first-order valence-electron chi connectivity index (χ1n) is 10.2. The Hall–Kier alpha value is -3.31. The van der Waals surface area contributed by atoms with Gasteiger partial charge in [-0.05, 0) is 17.5 Å². The zero-order chi connectivity index (χ0) is 21.9. The molecular formula is C26H25NO3S. The number of nitrogens with one attached hydrogen (secondary N) is 1. The predicted molar refractivity (Wildman–Crippen MR) is 126 cm³/mol. The molecule has 1 atom stereocenters. The van der Waals surface area contributed by atoms with Gasteiger partial charge in [-0.2, -0.15) is 0 Å². The molecule has 158 valence electrons. The number of rotatable bonds is 10. The average molecular weight is 432 g/mol. The van der Waals surface area contributed by atoms with Crippen LogP contribution in [0.25, 0.3) is 0 Å². The number of hydrogen-bond donors (Lipinski definition) is 1. The van der Waals surface area contributed by atoms with Crippen molar-refractivity contribution in [2.45, 2.75) is 19.4 Å². The highest BCUT2D eigenvalue weighted by molar-refractivity contribution is 7.80. The monoisotopic (exact) mass is 431 g/mol. The first-order chi connectivity index (χ1) is 15.1. The topological polar surface area (TPSA) is 55.4 Å². The number of ether oxygens (including phenoxy) is 1. The Morgan fingerprint density at radius 1 is 0.806 bits per heavy atom. The summed E-state index contributed by atoms with van der Waals surface area (Å²) in [5.41, 5.74) is 2.67. The van der Waals surface area contributed by atoms with Crippen molar-refractivity contribution in [2.24, 2.45) is 5.92 Å². The third kappa shape index (κ3) is 7.46. The molecule has 0 fully saturated rings. The summed E-state index contributed by atoms with van der Waals surface area (Å²) in [6, 6.07) is 28.6. The van der Waals surface area contributed by atoms with Gasteiger partial charge in [-0.25, -0.2) is 0 Å². The zero-order valence-electron chi connectivity index (χ0n) is 17.2. The molecule has 0 aliphatic rings. The third-order valence-corrected chi connectivity index (χ3v) is 5.35. The van der Waals surface area contributed by atoms with Crippen LogP contribution in [-0.4, -0.2) is 23.3 Å². The van der Waals surface area contributed by atoms with E-state index in [-0.39, 0.29) is 37.2 Å². The van der Waals surface area contributed by atoms with Crippen molar-refractivity contribution in [1.82, 2.24) is 5.32 Å². The molecule has 0 saturated carbocycles. The molecule has 0 amide bonds. The van der Waals surface area contributed by atoms with E-state index < -0.39 is 0 Å². The molecular weight excluding hydrogens is 406 g/mol. The molecule has 3 aromatic rings. The van der Waals surface area contributed by atoms with Gasteiger partial charge in [0.25, 0.3) is 0 Å². The Kier molecular flexibility index (Phi) is 8.49. The van der Waals surface area contributed by atoms with Crippen molar-refractivity contribution in [3.8, 4) is 0 Å². The molecule has 0 aromatic heterocycles. The van der Waals surface area contributed by atoms with Gasteiger partial charge in [0, 0.05) is 17.9 Å². The molecule has 4 nitrogen and oxygen atoms in total. The quantitative estimate of drug-likeness (QED) is 0.284. The summed E-state index contributed by atoms with van der Waals surface area (Å²) in [6.07, 6.45) is 0.883. The van der Waals surface area contributed by atoms with Crippen molar-refractivity contribution < 1.29 is 14.3 Å². The van der Waals surface area contributed by atoms with Crippen molar-refractivity contribution in [3.63, 3.8) is 0 Å². The Morgan fingerprint density at radius 3 is 1.97 bits per heavy atom. The number of carbonyl (C=O) groups excluding carboxylic acids is 2. The minimum Gasteiger partial charge on any atom is -0.460 e. The van der Waals surface area contributed by atoms with E-state index in [1.807, 2.05) is 78.9 Å². The third-order valence-electron chi connectivity index (χ3n) is 4.87. The van der Waals surface area contributed by atoms with Gasteiger partial charge in [0.15, 0.2) is 5.78 Å². The second-order valence-corrected chi connectivity index (χ2v) is 7.68. The summed E-state index contributed by atoms with van der Waals surface area (Å²) in [4.78, 5) is 25.4. The SMILES string of the molecule is O=C(CNC(=S)C(CC(=O)c1ccccc1)Cc1ccccc1)OCc1ccccc1.